The lowest BCUT2D eigenvalue weighted by Crippen LogP contribution is -2.58. The van der Waals surface area contributed by atoms with E-state index in [1.54, 1.807) is 0 Å². The number of nitrogens with two attached hydrogens (primary N) is 1. The molecule has 0 unspecified atom stereocenters. The van der Waals surface area contributed by atoms with Gasteiger partial charge in [-0.3, -0.25) is 0 Å². The molecule has 1 saturated heterocycles. The van der Waals surface area contributed by atoms with Crippen molar-refractivity contribution in [1.82, 2.24) is 4.31 Å². The van der Waals surface area contributed by atoms with E-state index in [0.29, 0.717) is 13.1 Å². The summed E-state index contributed by atoms with van der Waals surface area (Å²) in [4.78, 5) is 0. The lowest BCUT2D eigenvalue weighted by molar-refractivity contribution is 0.261. The first-order chi connectivity index (χ1) is 5.71. The first-order valence-corrected chi connectivity index (χ1v) is 6.05. The molecule has 78 valence electrons. The van der Waals surface area contributed by atoms with Crippen LogP contribution in [0.1, 0.15) is 20.8 Å². The molecule has 0 atom stereocenters. The molecule has 0 spiro atoms. The van der Waals surface area contributed by atoms with Crippen LogP contribution in [0.15, 0.2) is 0 Å². The minimum atomic E-state index is -3.06. The van der Waals surface area contributed by atoms with Crippen LogP contribution in [0.3, 0.4) is 0 Å². The van der Waals surface area contributed by atoms with Crippen molar-refractivity contribution in [2.75, 3.05) is 18.8 Å². The van der Waals surface area contributed by atoms with E-state index in [2.05, 4.69) is 0 Å². The second kappa shape index (κ2) is 3.22. The highest BCUT2D eigenvalue weighted by molar-refractivity contribution is 7.89. The molecule has 0 bridgehead atoms. The van der Waals surface area contributed by atoms with Gasteiger partial charge < -0.3 is 5.73 Å². The lowest BCUT2D eigenvalue weighted by atomic mass is 10.0. The summed E-state index contributed by atoms with van der Waals surface area (Å²) in [6, 6.07) is 0.0368. The zero-order chi connectivity index (χ0) is 10.3. The van der Waals surface area contributed by atoms with Crippen molar-refractivity contribution in [3.05, 3.63) is 0 Å². The van der Waals surface area contributed by atoms with E-state index in [1.165, 1.54) is 4.31 Å². The van der Waals surface area contributed by atoms with Crippen molar-refractivity contribution in [2.45, 2.75) is 26.8 Å². The van der Waals surface area contributed by atoms with Crippen LogP contribution in [0.25, 0.3) is 0 Å². The summed E-state index contributed by atoms with van der Waals surface area (Å²) >= 11 is 0. The van der Waals surface area contributed by atoms with Gasteiger partial charge in [0.2, 0.25) is 10.0 Å². The first-order valence-electron chi connectivity index (χ1n) is 4.44. The van der Waals surface area contributed by atoms with Gasteiger partial charge in [0, 0.05) is 19.1 Å². The van der Waals surface area contributed by atoms with Crippen molar-refractivity contribution in [3.63, 3.8) is 0 Å². The Kier molecular flexibility index (Phi) is 2.71. The van der Waals surface area contributed by atoms with Gasteiger partial charge in [-0.1, -0.05) is 20.8 Å². The molecule has 0 aromatic carbocycles. The second-order valence-corrected chi connectivity index (χ2v) is 6.86. The highest BCUT2D eigenvalue weighted by Crippen LogP contribution is 2.21. The van der Waals surface area contributed by atoms with E-state index in [-0.39, 0.29) is 17.2 Å². The first kappa shape index (κ1) is 10.9. The molecule has 0 amide bonds. The maximum absolute atomic E-state index is 11.6. The predicted molar refractivity (Wildman–Crippen MR) is 52.8 cm³/mol. The van der Waals surface area contributed by atoms with Crippen LogP contribution < -0.4 is 5.73 Å². The number of nitrogens with zero attached hydrogens (tertiary/aromatic N) is 1. The largest absolute Gasteiger partial charge is 0.325 e. The summed E-state index contributed by atoms with van der Waals surface area (Å²) < 4.78 is 24.7. The molecule has 2 N–H and O–H groups in total. The SMILES string of the molecule is CC(C)(C)CS(=O)(=O)N1CC(N)C1. The molecule has 0 saturated carbocycles. The molecular formula is C8H18N2O2S. The number of hydrogen-bond donors (Lipinski definition) is 1. The Morgan fingerprint density at radius 2 is 1.85 bits per heavy atom. The van der Waals surface area contributed by atoms with Gasteiger partial charge in [0.15, 0.2) is 0 Å². The van der Waals surface area contributed by atoms with Crippen LogP contribution in [0.5, 0.6) is 0 Å². The maximum Gasteiger partial charge on any atom is 0.214 e. The molecule has 1 aliphatic rings. The summed E-state index contributed by atoms with van der Waals surface area (Å²) in [5.41, 5.74) is 5.34. The van der Waals surface area contributed by atoms with E-state index in [0.717, 1.165) is 0 Å². The van der Waals surface area contributed by atoms with Gasteiger partial charge >= 0.3 is 0 Å². The van der Waals surface area contributed by atoms with Gasteiger partial charge in [0.1, 0.15) is 0 Å². The Morgan fingerprint density at radius 1 is 1.38 bits per heavy atom. The quantitative estimate of drug-likeness (QED) is 0.692. The van der Waals surface area contributed by atoms with Crippen molar-refractivity contribution in [2.24, 2.45) is 11.1 Å². The summed E-state index contributed by atoms with van der Waals surface area (Å²) in [5.74, 6) is 0.201. The van der Waals surface area contributed by atoms with Crippen LogP contribution in [0, 0.1) is 5.41 Å². The Balaban J connectivity index is 2.58. The Labute approximate surface area is 80.1 Å². The van der Waals surface area contributed by atoms with E-state index in [4.69, 9.17) is 5.73 Å². The molecule has 0 aliphatic carbocycles. The van der Waals surface area contributed by atoms with Gasteiger partial charge in [-0.15, -0.1) is 0 Å². The molecule has 0 aromatic heterocycles. The maximum atomic E-state index is 11.6. The number of sulfonamides is 1. The highest BCUT2D eigenvalue weighted by atomic mass is 32.2. The Morgan fingerprint density at radius 3 is 2.15 bits per heavy atom. The summed E-state index contributed by atoms with van der Waals surface area (Å²) in [6.07, 6.45) is 0. The van der Waals surface area contributed by atoms with Crippen molar-refractivity contribution < 1.29 is 8.42 Å². The van der Waals surface area contributed by atoms with Gasteiger partial charge in [-0.05, 0) is 5.41 Å². The van der Waals surface area contributed by atoms with Crippen LogP contribution >= 0.6 is 0 Å². The standard InChI is InChI=1S/C8H18N2O2S/c1-8(2,3)6-13(11,12)10-4-7(9)5-10/h7H,4-6,9H2,1-3H3. The third-order valence-electron chi connectivity index (χ3n) is 1.89. The van der Waals surface area contributed by atoms with Crippen LogP contribution in [-0.2, 0) is 10.0 Å². The minimum Gasteiger partial charge on any atom is -0.325 e. The fourth-order valence-electron chi connectivity index (χ4n) is 1.34. The molecule has 0 aromatic rings. The number of rotatable bonds is 2. The van der Waals surface area contributed by atoms with Gasteiger partial charge in [0.05, 0.1) is 5.75 Å². The zero-order valence-electron chi connectivity index (χ0n) is 8.45. The zero-order valence-corrected chi connectivity index (χ0v) is 9.26. The molecule has 1 fully saturated rings. The molecule has 1 heterocycles. The van der Waals surface area contributed by atoms with E-state index < -0.39 is 10.0 Å². The van der Waals surface area contributed by atoms with E-state index in [9.17, 15) is 8.42 Å². The van der Waals surface area contributed by atoms with Gasteiger partial charge in [-0.2, -0.15) is 4.31 Å². The summed E-state index contributed by atoms with van der Waals surface area (Å²) in [7, 11) is -3.06. The predicted octanol–water partition coefficient (Wildman–Crippen LogP) is 0.00520. The van der Waals surface area contributed by atoms with Gasteiger partial charge in [0.25, 0.3) is 0 Å². The molecule has 1 aliphatic heterocycles. The fourth-order valence-corrected chi connectivity index (χ4v) is 3.45. The van der Waals surface area contributed by atoms with E-state index in [1.807, 2.05) is 20.8 Å². The molecular weight excluding hydrogens is 188 g/mol. The summed E-state index contributed by atoms with van der Waals surface area (Å²) in [6.45, 7) is 6.73. The number of hydrogen-bond acceptors (Lipinski definition) is 3. The molecule has 1 rings (SSSR count). The van der Waals surface area contributed by atoms with Gasteiger partial charge in [-0.25, -0.2) is 8.42 Å². The molecule has 5 heteroatoms. The van der Waals surface area contributed by atoms with Crippen LogP contribution in [0.2, 0.25) is 0 Å². The highest BCUT2D eigenvalue weighted by Gasteiger charge is 2.35. The van der Waals surface area contributed by atoms with Crippen molar-refractivity contribution >= 4 is 10.0 Å². The molecule has 4 nitrogen and oxygen atoms in total. The average molecular weight is 206 g/mol. The fraction of sp³-hybridized carbons (Fsp3) is 1.00. The second-order valence-electron chi connectivity index (χ2n) is 4.89. The normalized spacial score (nSPS) is 21.5. The third-order valence-corrected chi connectivity index (χ3v) is 4.20. The molecule has 13 heavy (non-hydrogen) atoms. The third kappa shape index (κ3) is 2.93. The van der Waals surface area contributed by atoms with Crippen LogP contribution in [0.4, 0.5) is 0 Å². The monoisotopic (exact) mass is 206 g/mol. The Bertz CT molecular complexity index is 273. The lowest BCUT2D eigenvalue weighted by Gasteiger charge is -2.37. The van der Waals surface area contributed by atoms with Crippen molar-refractivity contribution in [3.8, 4) is 0 Å². The smallest absolute Gasteiger partial charge is 0.214 e. The van der Waals surface area contributed by atoms with Crippen molar-refractivity contribution in [1.29, 1.82) is 0 Å². The van der Waals surface area contributed by atoms with Crippen LogP contribution in [-0.4, -0.2) is 37.6 Å². The van der Waals surface area contributed by atoms with E-state index >= 15 is 0 Å². The summed E-state index contributed by atoms with van der Waals surface area (Å²) in [5, 5.41) is 0. The molecule has 0 radical (unpaired) electrons. The minimum absolute atomic E-state index is 0.0368. The Hall–Kier alpha value is -0.130. The average Bonchev–Trinajstić information content (AvgIpc) is 1.74. The topological polar surface area (TPSA) is 63.4 Å².